The predicted molar refractivity (Wildman–Crippen MR) is 98.7 cm³/mol. The monoisotopic (exact) mass is 340 g/mol. The molecule has 0 atom stereocenters. The molecule has 3 rings (SSSR count). The van der Waals surface area contributed by atoms with Gasteiger partial charge in [0.2, 0.25) is 0 Å². The molecular weight excluding hydrogens is 320 g/mol. The Morgan fingerprint density at radius 3 is 2.76 bits per heavy atom. The van der Waals surface area contributed by atoms with Crippen molar-refractivity contribution in [3.05, 3.63) is 39.0 Å². The van der Waals surface area contributed by atoms with E-state index in [1.165, 1.54) is 4.57 Å². The normalized spacial score (nSPS) is 11.6. The predicted octanol–water partition coefficient (Wildman–Crippen LogP) is 1.65. The molecular formula is C17H20N6O2. The van der Waals surface area contributed by atoms with Gasteiger partial charge in [0.25, 0.3) is 5.56 Å². The molecule has 2 aromatic heterocycles. The number of H-pyrrole nitrogens is 1. The summed E-state index contributed by atoms with van der Waals surface area (Å²) in [4.78, 5) is 42.3. The molecule has 3 aromatic rings. The summed E-state index contributed by atoms with van der Waals surface area (Å²) in [5.41, 5.74) is 1.38. The number of nitrogens with one attached hydrogen (secondary N) is 1. The average molecular weight is 340 g/mol. The second kappa shape index (κ2) is 6.84. The molecule has 0 aliphatic carbocycles. The number of aliphatic imine (C=N–C) groups is 1. The van der Waals surface area contributed by atoms with Gasteiger partial charge in [-0.15, -0.1) is 0 Å². The van der Waals surface area contributed by atoms with Crippen LogP contribution in [-0.2, 0) is 6.54 Å². The Hall–Kier alpha value is -3.03. The Bertz CT molecular complexity index is 1060. The maximum absolute atomic E-state index is 12.6. The fourth-order valence-corrected chi connectivity index (χ4v) is 2.45. The number of benzene rings is 1. The van der Waals surface area contributed by atoms with Crippen LogP contribution in [0.1, 0.15) is 19.8 Å². The minimum atomic E-state index is -0.457. The van der Waals surface area contributed by atoms with E-state index in [1.807, 2.05) is 32.0 Å². The summed E-state index contributed by atoms with van der Waals surface area (Å²) < 4.78 is 1.18. The standard InChI is InChI=1S/C17H20N6O2/c1-4-5-8-23-16(24)14-15(21-17(23)25)20-13-9-11(18-10-22(2)3)6-7-12(13)19-14/h6-7,9-10H,4-5,8H2,1-3H3,(H,20,21,25). The summed E-state index contributed by atoms with van der Waals surface area (Å²) in [6.07, 6.45) is 3.33. The quantitative estimate of drug-likeness (QED) is 0.433. The molecule has 0 fully saturated rings. The van der Waals surface area contributed by atoms with Gasteiger partial charge in [0.05, 0.1) is 23.1 Å². The van der Waals surface area contributed by atoms with Gasteiger partial charge in [0.1, 0.15) is 0 Å². The van der Waals surface area contributed by atoms with Crippen LogP contribution in [0, 0.1) is 0 Å². The number of unbranched alkanes of at least 4 members (excludes halogenated alkanes) is 1. The third-order valence-corrected chi connectivity index (χ3v) is 3.74. The molecule has 0 amide bonds. The van der Waals surface area contributed by atoms with Crippen molar-refractivity contribution in [1.29, 1.82) is 0 Å². The molecule has 0 radical (unpaired) electrons. The van der Waals surface area contributed by atoms with Crippen LogP contribution in [0.2, 0.25) is 0 Å². The fraction of sp³-hybridized carbons (Fsp3) is 0.353. The maximum Gasteiger partial charge on any atom is 0.330 e. The molecule has 0 aliphatic heterocycles. The van der Waals surface area contributed by atoms with Crippen molar-refractivity contribution in [2.24, 2.45) is 4.99 Å². The van der Waals surface area contributed by atoms with E-state index >= 15 is 0 Å². The highest BCUT2D eigenvalue weighted by Gasteiger charge is 2.11. The zero-order valence-electron chi connectivity index (χ0n) is 14.5. The second-order valence-electron chi connectivity index (χ2n) is 6.04. The molecule has 1 N–H and O–H groups in total. The number of rotatable bonds is 5. The Morgan fingerprint density at radius 2 is 2.04 bits per heavy atom. The van der Waals surface area contributed by atoms with Gasteiger partial charge in [-0.25, -0.2) is 19.8 Å². The van der Waals surface area contributed by atoms with Crippen molar-refractivity contribution in [3.8, 4) is 0 Å². The maximum atomic E-state index is 12.6. The summed E-state index contributed by atoms with van der Waals surface area (Å²) in [7, 11) is 3.76. The van der Waals surface area contributed by atoms with Crippen molar-refractivity contribution in [2.75, 3.05) is 14.1 Å². The lowest BCUT2D eigenvalue weighted by molar-refractivity contribution is 0.588. The first-order valence-corrected chi connectivity index (χ1v) is 8.15. The SMILES string of the molecule is CCCCn1c(=O)[nH]c2nc3cc(N=CN(C)C)ccc3nc2c1=O. The Balaban J connectivity index is 2.16. The van der Waals surface area contributed by atoms with Crippen LogP contribution in [0.25, 0.3) is 22.2 Å². The first-order valence-electron chi connectivity index (χ1n) is 8.15. The van der Waals surface area contributed by atoms with Crippen molar-refractivity contribution >= 4 is 34.2 Å². The van der Waals surface area contributed by atoms with Gasteiger partial charge in [-0.05, 0) is 24.6 Å². The summed E-state index contributed by atoms with van der Waals surface area (Å²) in [5, 5.41) is 0. The fourth-order valence-electron chi connectivity index (χ4n) is 2.45. The number of aromatic amines is 1. The second-order valence-corrected chi connectivity index (χ2v) is 6.04. The largest absolute Gasteiger partial charge is 0.369 e. The van der Waals surface area contributed by atoms with Gasteiger partial charge in [-0.2, -0.15) is 0 Å². The highest BCUT2D eigenvalue weighted by Crippen LogP contribution is 2.19. The van der Waals surface area contributed by atoms with Gasteiger partial charge >= 0.3 is 5.69 Å². The lowest BCUT2D eigenvalue weighted by Gasteiger charge is -2.06. The minimum Gasteiger partial charge on any atom is -0.369 e. The van der Waals surface area contributed by atoms with E-state index < -0.39 is 11.2 Å². The van der Waals surface area contributed by atoms with Gasteiger partial charge in [0, 0.05) is 20.6 Å². The number of fused-ring (bicyclic) bond motifs is 2. The molecule has 8 nitrogen and oxygen atoms in total. The van der Waals surface area contributed by atoms with Crippen LogP contribution in [0.5, 0.6) is 0 Å². The molecule has 8 heteroatoms. The third kappa shape index (κ3) is 3.42. The Kier molecular flexibility index (Phi) is 4.60. The van der Waals surface area contributed by atoms with Crippen molar-refractivity contribution in [1.82, 2.24) is 24.4 Å². The Morgan fingerprint density at radius 1 is 1.24 bits per heavy atom. The van der Waals surface area contributed by atoms with Crippen molar-refractivity contribution in [3.63, 3.8) is 0 Å². The summed E-state index contributed by atoms with van der Waals surface area (Å²) in [6.45, 7) is 2.38. The van der Waals surface area contributed by atoms with Crippen LogP contribution in [0.4, 0.5) is 5.69 Å². The van der Waals surface area contributed by atoms with E-state index in [0.717, 1.165) is 12.8 Å². The van der Waals surface area contributed by atoms with Gasteiger partial charge < -0.3 is 4.90 Å². The number of nitrogens with zero attached hydrogens (tertiary/aromatic N) is 5. The van der Waals surface area contributed by atoms with Crippen molar-refractivity contribution < 1.29 is 0 Å². The van der Waals surface area contributed by atoms with Crippen LogP contribution >= 0.6 is 0 Å². The van der Waals surface area contributed by atoms with E-state index in [2.05, 4.69) is 19.9 Å². The lowest BCUT2D eigenvalue weighted by atomic mass is 10.2. The van der Waals surface area contributed by atoms with Crippen molar-refractivity contribution in [2.45, 2.75) is 26.3 Å². The number of hydrogen-bond donors (Lipinski definition) is 1. The molecule has 25 heavy (non-hydrogen) atoms. The van der Waals surface area contributed by atoms with Gasteiger partial charge in [-0.1, -0.05) is 13.3 Å². The molecule has 1 aromatic carbocycles. The first kappa shape index (κ1) is 16.8. The van der Waals surface area contributed by atoms with Gasteiger partial charge in [0.15, 0.2) is 11.2 Å². The van der Waals surface area contributed by atoms with E-state index in [4.69, 9.17) is 0 Å². The molecule has 0 saturated heterocycles. The van der Waals surface area contributed by atoms with E-state index in [9.17, 15) is 9.59 Å². The molecule has 0 spiro atoms. The zero-order chi connectivity index (χ0) is 18.0. The van der Waals surface area contributed by atoms with E-state index in [-0.39, 0.29) is 11.2 Å². The third-order valence-electron chi connectivity index (χ3n) is 3.74. The molecule has 0 bridgehead atoms. The molecule has 0 saturated carbocycles. The Labute approximate surface area is 143 Å². The van der Waals surface area contributed by atoms with E-state index in [0.29, 0.717) is 23.3 Å². The highest BCUT2D eigenvalue weighted by atomic mass is 16.2. The molecule has 2 heterocycles. The smallest absolute Gasteiger partial charge is 0.330 e. The molecule has 130 valence electrons. The van der Waals surface area contributed by atoms with Crippen LogP contribution in [0.15, 0.2) is 32.8 Å². The summed E-state index contributed by atoms with van der Waals surface area (Å²) >= 11 is 0. The highest BCUT2D eigenvalue weighted by molar-refractivity contribution is 5.85. The van der Waals surface area contributed by atoms with E-state index in [1.54, 1.807) is 18.5 Å². The minimum absolute atomic E-state index is 0.174. The van der Waals surface area contributed by atoms with Crippen LogP contribution in [0.3, 0.4) is 0 Å². The first-order chi connectivity index (χ1) is 12.0. The molecule has 0 aliphatic rings. The van der Waals surface area contributed by atoms with Crippen LogP contribution < -0.4 is 11.2 Å². The zero-order valence-corrected chi connectivity index (χ0v) is 14.5. The number of hydrogen-bond acceptors (Lipinski definition) is 5. The lowest BCUT2D eigenvalue weighted by Crippen LogP contribution is -2.35. The number of aromatic nitrogens is 4. The average Bonchev–Trinajstić information content (AvgIpc) is 2.58. The summed E-state index contributed by atoms with van der Waals surface area (Å²) in [6, 6.07) is 5.35. The topological polar surface area (TPSA) is 96.2 Å². The van der Waals surface area contributed by atoms with Crippen LogP contribution in [-0.4, -0.2) is 44.9 Å². The molecule has 0 unspecified atom stereocenters. The van der Waals surface area contributed by atoms with Gasteiger partial charge in [-0.3, -0.25) is 14.3 Å². The summed E-state index contributed by atoms with van der Waals surface area (Å²) in [5.74, 6) is 0.